The molecule has 80 valence electrons. The van der Waals surface area contributed by atoms with E-state index in [0.29, 0.717) is 10.8 Å². The summed E-state index contributed by atoms with van der Waals surface area (Å²) < 4.78 is 0.583. The van der Waals surface area contributed by atoms with Crippen LogP contribution in [0.5, 0.6) is 0 Å². The zero-order valence-electron chi connectivity index (χ0n) is 8.47. The molecule has 1 aliphatic carbocycles. The lowest BCUT2D eigenvalue weighted by molar-refractivity contribution is 0.444. The van der Waals surface area contributed by atoms with Crippen molar-refractivity contribution in [2.24, 2.45) is 0 Å². The Labute approximate surface area is 93.5 Å². The number of nitrogens with one attached hydrogen (secondary N) is 3. The maximum Gasteiger partial charge on any atom is 0.199 e. The highest BCUT2D eigenvalue weighted by Gasteiger charge is 2.22. The zero-order chi connectivity index (χ0) is 10.3. The average molecular weight is 222 g/mol. The van der Waals surface area contributed by atoms with Gasteiger partial charge in [0.1, 0.15) is 5.82 Å². The van der Waals surface area contributed by atoms with Crippen molar-refractivity contribution in [2.45, 2.75) is 38.4 Å². The smallest absolute Gasteiger partial charge is 0.199 e. The standard InChI is InChI=1S/C10H14N4S/c15-10-13-8-5-11-4-7(8)9(14-10)12-6-2-1-3-6/h6,11H,1-5H2,(H2,12,13,14,15). The van der Waals surface area contributed by atoms with E-state index < -0.39 is 0 Å². The Kier molecular flexibility index (Phi) is 2.21. The van der Waals surface area contributed by atoms with Crippen molar-refractivity contribution >= 4 is 18.0 Å². The Balaban J connectivity index is 1.94. The molecule has 4 nitrogen and oxygen atoms in total. The molecule has 1 fully saturated rings. The summed E-state index contributed by atoms with van der Waals surface area (Å²) in [5.41, 5.74) is 2.45. The minimum atomic E-state index is 0.583. The van der Waals surface area contributed by atoms with Crippen LogP contribution in [0.3, 0.4) is 0 Å². The number of rotatable bonds is 2. The van der Waals surface area contributed by atoms with Crippen LogP contribution in [0, 0.1) is 4.77 Å². The SMILES string of the molecule is S=c1nc(NC2CCC2)c2c([nH]1)CNC2. The molecule has 0 amide bonds. The minimum absolute atomic E-state index is 0.583. The van der Waals surface area contributed by atoms with Crippen molar-refractivity contribution in [1.82, 2.24) is 15.3 Å². The summed E-state index contributed by atoms with van der Waals surface area (Å²) in [6.07, 6.45) is 3.85. The van der Waals surface area contributed by atoms with Gasteiger partial charge in [0, 0.05) is 30.4 Å². The van der Waals surface area contributed by atoms with Gasteiger partial charge < -0.3 is 15.6 Å². The summed E-state index contributed by atoms with van der Waals surface area (Å²) in [5.74, 6) is 0.989. The summed E-state index contributed by atoms with van der Waals surface area (Å²) in [6.45, 7) is 1.77. The molecule has 5 heteroatoms. The Hall–Kier alpha value is -0.940. The van der Waals surface area contributed by atoms with E-state index in [0.717, 1.165) is 18.9 Å². The van der Waals surface area contributed by atoms with Crippen molar-refractivity contribution in [2.75, 3.05) is 5.32 Å². The maximum absolute atomic E-state index is 5.11. The first kappa shape index (κ1) is 9.30. The highest BCUT2D eigenvalue weighted by Crippen LogP contribution is 2.26. The van der Waals surface area contributed by atoms with E-state index in [1.165, 1.54) is 30.5 Å². The van der Waals surface area contributed by atoms with E-state index in [9.17, 15) is 0 Å². The third-order valence-electron chi connectivity index (χ3n) is 3.17. The third kappa shape index (κ3) is 1.66. The van der Waals surface area contributed by atoms with E-state index in [1.807, 2.05) is 0 Å². The Morgan fingerprint density at radius 2 is 2.20 bits per heavy atom. The molecule has 3 N–H and O–H groups in total. The van der Waals surface area contributed by atoms with Crippen molar-refractivity contribution < 1.29 is 0 Å². The van der Waals surface area contributed by atoms with Gasteiger partial charge in [-0.15, -0.1) is 0 Å². The van der Waals surface area contributed by atoms with E-state index in [1.54, 1.807) is 0 Å². The summed E-state index contributed by atoms with van der Waals surface area (Å²) in [5, 5.41) is 6.79. The molecule has 2 aliphatic rings. The molecule has 15 heavy (non-hydrogen) atoms. The Bertz CT molecular complexity index is 436. The lowest BCUT2D eigenvalue weighted by Gasteiger charge is -2.27. The second-order valence-corrected chi connectivity index (χ2v) is 4.61. The topological polar surface area (TPSA) is 52.7 Å². The van der Waals surface area contributed by atoms with Gasteiger partial charge >= 0.3 is 0 Å². The van der Waals surface area contributed by atoms with Gasteiger partial charge in [0.15, 0.2) is 4.77 Å². The van der Waals surface area contributed by atoms with Gasteiger partial charge in [-0.3, -0.25) is 0 Å². The maximum atomic E-state index is 5.11. The van der Waals surface area contributed by atoms with Gasteiger partial charge in [-0.2, -0.15) is 0 Å². The first-order valence-corrected chi connectivity index (χ1v) is 5.83. The number of aromatic nitrogens is 2. The van der Waals surface area contributed by atoms with E-state index >= 15 is 0 Å². The molecular weight excluding hydrogens is 208 g/mol. The molecule has 0 unspecified atom stereocenters. The second-order valence-electron chi connectivity index (χ2n) is 4.22. The monoisotopic (exact) mass is 222 g/mol. The third-order valence-corrected chi connectivity index (χ3v) is 3.36. The summed E-state index contributed by atoms with van der Waals surface area (Å²) in [6, 6.07) is 0.610. The number of aromatic amines is 1. The lowest BCUT2D eigenvalue weighted by atomic mass is 9.93. The zero-order valence-corrected chi connectivity index (χ0v) is 9.28. The van der Waals surface area contributed by atoms with Crippen LogP contribution in [-0.2, 0) is 13.1 Å². The molecule has 3 rings (SSSR count). The molecule has 2 heterocycles. The fourth-order valence-electron chi connectivity index (χ4n) is 2.06. The van der Waals surface area contributed by atoms with Crippen molar-refractivity contribution in [3.63, 3.8) is 0 Å². The molecule has 1 saturated carbocycles. The van der Waals surface area contributed by atoms with Gasteiger partial charge in [0.05, 0.1) is 0 Å². The fourth-order valence-corrected chi connectivity index (χ4v) is 2.28. The van der Waals surface area contributed by atoms with Crippen LogP contribution in [0.15, 0.2) is 0 Å². The van der Waals surface area contributed by atoms with Crippen LogP contribution < -0.4 is 10.6 Å². The molecule has 1 aromatic heterocycles. The summed E-state index contributed by atoms with van der Waals surface area (Å²) in [7, 11) is 0. The molecule has 0 saturated heterocycles. The van der Waals surface area contributed by atoms with E-state index in [4.69, 9.17) is 12.2 Å². The average Bonchev–Trinajstić information content (AvgIpc) is 2.58. The van der Waals surface area contributed by atoms with Crippen molar-refractivity contribution in [3.8, 4) is 0 Å². The van der Waals surface area contributed by atoms with Crippen LogP contribution >= 0.6 is 12.2 Å². The predicted octanol–water partition coefficient (Wildman–Crippen LogP) is 1.71. The van der Waals surface area contributed by atoms with E-state index in [2.05, 4.69) is 20.6 Å². The van der Waals surface area contributed by atoms with Crippen LogP contribution in [0.1, 0.15) is 30.5 Å². The molecule has 0 bridgehead atoms. The number of hydrogen-bond donors (Lipinski definition) is 3. The van der Waals surface area contributed by atoms with Gasteiger partial charge in [0.25, 0.3) is 0 Å². The van der Waals surface area contributed by atoms with Gasteiger partial charge in [0.2, 0.25) is 0 Å². The predicted molar refractivity (Wildman–Crippen MR) is 61.2 cm³/mol. The van der Waals surface area contributed by atoms with Crippen molar-refractivity contribution in [1.29, 1.82) is 0 Å². The number of fused-ring (bicyclic) bond motifs is 1. The second kappa shape index (κ2) is 3.57. The van der Waals surface area contributed by atoms with Crippen LogP contribution in [0.4, 0.5) is 5.82 Å². The van der Waals surface area contributed by atoms with Crippen molar-refractivity contribution in [3.05, 3.63) is 16.0 Å². The Morgan fingerprint density at radius 3 is 2.93 bits per heavy atom. The number of anilines is 1. The van der Waals surface area contributed by atoms with Crippen LogP contribution in [0.2, 0.25) is 0 Å². The largest absolute Gasteiger partial charge is 0.367 e. The molecule has 1 aliphatic heterocycles. The highest BCUT2D eigenvalue weighted by molar-refractivity contribution is 7.71. The first-order chi connectivity index (χ1) is 7.33. The summed E-state index contributed by atoms with van der Waals surface area (Å²) in [4.78, 5) is 7.51. The number of H-pyrrole nitrogens is 1. The minimum Gasteiger partial charge on any atom is -0.367 e. The fraction of sp³-hybridized carbons (Fsp3) is 0.600. The van der Waals surface area contributed by atoms with E-state index in [-0.39, 0.29) is 0 Å². The van der Waals surface area contributed by atoms with Crippen LogP contribution in [0.25, 0.3) is 0 Å². The molecular formula is C10H14N4S. The van der Waals surface area contributed by atoms with Crippen LogP contribution in [-0.4, -0.2) is 16.0 Å². The molecule has 0 radical (unpaired) electrons. The lowest BCUT2D eigenvalue weighted by Crippen LogP contribution is -2.28. The normalized spacial score (nSPS) is 19.7. The summed E-state index contributed by atoms with van der Waals surface area (Å²) >= 11 is 5.11. The van der Waals surface area contributed by atoms with Gasteiger partial charge in [-0.1, -0.05) is 0 Å². The highest BCUT2D eigenvalue weighted by atomic mass is 32.1. The number of nitrogens with zero attached hydrogens (tertiary/aromatic N) is 1. The Morgan fingerprint density at radius 1 is 1.33 bits per heavy atom. The number of hydrogen-bond acceptors (Lipinski definition) is 4. The molecule has 0 aromatic carbocycles. The quantitative estimate of drug-likeness (QED) is 0.667. The molecule has 0 atom stereocenters. The van der Waals surface area contributed by atoms with Gasteiger partial charge in [-0.05, 0) is 31.5 Å². The first-order valence-electron chi connectivity index (χ1n) is 5.42. The molecule has 0 spiro atoms. The molecule has 1 aromatic rings. The van der Waals surface area contributed by atoms with Gasteiger partial charge in [-0.25, -0.2) is 4.98 Å².